The fourth-order valence-corrected chi connectivity index (χ4v) is 2.61. The Morgan fingerprint density at radius 2 is 2.08 bits per heavy atom. The van der Waals surface area contributed by atoms with Gasteiger partial charge in [-0.1, -0.05) is 6.07 Å². The predicted octanol–water partition coefficient (Wildman–Crippen LogP) is 2.23. The van der Waals surface area contributed by atoms with Crippen LogP contribution in [0.4, 0.5) is 8.78 Å². The first-order chi connectivity index (χ1) is 11.5. The van der Waals surface area contributed by atoms with Crippen LogP contribution in [0.15, 0.2) is 41.6 Å². The van der Waals surface area contributed by atoms with Crippen molar-refractivity contribution in [3.05, 3.63) is 64.2 Å². The van der Waals surface area contributed by atoms with Gasteiger partial charge in [0, 0.05) is 31.2 Å². The highest BCUT2D eigenvalue weighted by Crippen LogP contribution is 2.14. The molecule has 0 aromatic carbocycles. The Morgan fingerprint density at radius 3 is 2.83 bits per heavy atom. The largest absolute Gasteiger partial charge is 0.319 e. The van der Waals surface area contributed by atoms with E-state index in [1.807, 2.05) is 13.0 Å². The molecule has 0 saturated heterocycles. The SMILES string of the molecule is Cc1cccn2c(=O)cc(CN(C)Cc3nccn3C(F)F)nc12. The van der Waals surface area contributed by atoms with E-state index in [1.54, 1.807) is 24.2 Å². The Balaban J connectivity index is 1.83. The third-order valence-corrected chi connectivity index (χ3v) is 3.74. The van der Waals surface area contributed by atoms with Crippen molar-refractivity contribution in [1.82, 2.24) is 23.8 Å². The van der Waals surface area contributed by atoms with Crippen molar-refractivity contribution in [3.63, 3.8) is 0 Å². The second-order valence-electron chi connectivity index (χ2n) is 5.67. The van der Waals surface area contributed by atoms with Crippen molar-refractivity contribution in [3.8, 4) is 0 Å². The summed E-state index contributed by atoms with van der Waals surface area (Å²) in [5, 5.41) is 0. The monoisotopic (exact) mass is 333 g/mol. The lowest BCUT2D eigenvalue weighted by Crippen LogP contribution is -2.23. The molecule has 3 aromatic rings. The summed E-state index contributed by atoms with van der Waals surface area (Å²) in [6.07, 6.45) is 4.27. The first-order valence-corrected chi connectivity index (χ1v) is 7.42. The Hall–Kier alpha value is -2.61. The summed E-state index contributed by atoms with van der Waals surface area (Å²) in [5.41, 5.74) is 1.92. The van der Waals surface area contributed by atoms with Gasteiger partial charge in [0.15, 0.2) is 0 Å². The van der Waals surface area contributed by atoms with Gasteiger partial charge in [-0.05, 0) is 25.6 Å². The van der Waals surface area contributed by atoms with Gasteiger partial charge in [0.1, 0.15) is 11.5 Å². The molecule has 3 aromatic heterocycles. The molecule has 0 radical (unpaired) electrons. The topological polar surface area (TPSA) is 55.4 Å². The smallest absolute Gasteiger partial charge is 0.293 e. The van der Waals surface area contributed by atoms with Crippen LogP contribution in [-0.4, -0.2) is 30.9 Å². The van der Waals surface area contributed by atoms with Crippen molar-refractivity contribution in [2.75, 3.05) is 7.05 Å². The van der Waals surface area contributed by atoms with Crippen LogP contribution in [0.5, 0.6) is 0 Å². The van der Waals surface area contributed by atoms with E-state index >= 15 is 0 Å². The van der Waals surface area contributed by atoms with Gasteiger partial charge >= 0.3 is 6.55 Å². The normalized spacial score (nSPS) is 11.8. The van der Waals surface area contributed by atoms with Crippen molar-refractivity contribution < 1.29 is 8.78 Å². The summed E-state index contributed by atoms with van der Waals surface area (Å²) in [6, 6.07) is 5.14. The zero-order chi connectivity index (χ0) is 17.3. The van der Waals surface area contributed by atoms with E-state index in [0.717, 1.165) is 10.1 Å². The number of alkyl halides is 2. The van der Waals surface area contributed by atoms with E-state index in [4.69, 9.17) is 0 Å². The molecule has 0 bridgehead atoms. The van der Waals surface area contributed by atoms with Crippen LogP contribution in [0.3, 0.4) is 0 Å². The molecule has 0 amide bonds. The molecule has 0 fully saturated rings. The number of aromatic nitrogens is 4. The second kappa shape index (κ2) is 6.48. The van der Waals surface area contributed by atoms with Crippen LogP contribution in [0.1, 0.15) is 23.6 Å². The predicted molar refractivity (Wildman–Crippen MR) is 84.9 cm³/mol. The lowest BCUT2D eigenvalue weighted by Gasteiger charge is -2.17. The molecule has 3 heterocycles. The van der Waals surface area contributed by atoms with Crippen LogP contribution in [0.2, 0.25) is 0 Å². The Bertz CT molecular complexity index is 918. The molecule has 6 nitrogen and oxygen atoms in total. The average Bonchev–Trinajstić information content (AvgIpc) is 2.96. The minimum absolute atomic E-state index is 0.166. The Kier molecular flexibility index (Phi) is 4.39. The number of hydrogen-bond acceptors (Lipinski definition) is 4. The van der Waals surface area contributed by atoms with Crippen LogP contribution in [0.25, 0.3) is 5.65 Å². The van der Waals surface area contributed by atoms with Crippen molar-refractivity contribution in [1.29, 1.82) is 0 Å². The summed E-state index contributed by atoms with van der Waals surface area (Å²) in [5.74, 6) is 0.265. The average molecular weight is 333 g/mol. The van der Waals surface area contributed by atoms with Crippen molar-refractivity contribution >= 4 is 5.65 Å². The number of rotatable bonds is 5. The van der Waals surface area contributed by atoms with E-state index in [1.165, 1.54) is 22.9 Å². The zero-order valence-electron chi connectivity index (χ0n) is 13.4. The number of aryl methyl sites for hydroxylation is 1. The standard InChI is InChI=1S/C16H17F2N5O/c1-11-4-3-6-23-14(24)8-12(20-15(11)23)9-21(2)10-13-19-5-7-22(13)16(17)18/h3-8,16H,9-10H2,1-2H3. The van der Waals surface area contributed by atoms with E-state index in [2.05, 4.69) is 9.97 Å². The van der Waals surface area contributed by atoms with E-state index in [0.29, 0.717) is 17.9 Å². The van der Waals surface area contributed by atoms with Crippen molar-refractivity contribution in [2.45, 2.75) is 26.6 Å². The van der Waals surface area contributed by atoms with Gasteiger partial charge in [-0.25, -0.2) is 9.97 Å². The van der Waals surface area contributed by atoms with Gasteiger partial charge in [-0.3, -0.25) is 18.7 Å². The lowest BCUT2D eigenvalue weighted by molar-refractivity contribution is 0.0644. The first-order valence-electron chi connectivity index (χ1n) is 7.42. The highest BCUT2D eigenvalue weighted by atomic mass is 19.3. The maximum Gasteiger partial charge on any atom is 0.319 e. The number of nitrogens with zero attached hydrogens (tertiary/aromatic N) is 5. The van der Waals surface area contributed by atoms with Gasteiger partial charge in [0.2, 0.25) is 0 Å². The Morgan fingerprint density at radius 1 is 1.29 bits per heavy atom. The molecule has 24 heavy (non-hydrogen) atoms. The molecule has 0 aliphatic heterocycles. The number of fused-ring (bicyclic) bond motifs is 1. The molecule has 0 aliphatic rings. The highest BCUT2D eigenvalue weighted by molar-refractivity contribution is 5.46. The third-order valence-electron chi connectivity index (χ3n) is 3.74. The summed E-state index contributed by atoms with van der Waals surface area (Å²) in [4.78, 5) is 22.4. The molecule has 0 unspecified atom stereocenters. The van der Waals surface area contributed by atoms with E-state index in [9.17, 15) is 13.6 Å². The summed E-state index contributed by atoms with van der Waals surface area (Å²) in [7, 11) is 1.77. The maximum atomic E-state index is 12.9. The van der Waals surface area contributed by atoms with E-state index in [-0.39, 0.29) is 17.9 Å². The van der Waals surface area contributed by atoms with Crippen molar-refractivity contribution in [2.24, 2.45) is 0 Å². The molecular formula is C16H17F2N5O. The van der Waals surface area contributed by atoms with Crippen LogP contribution >= 0.6 is 0 Å². The second-order valence-corrected chi connectivity index (χ2v) is 5.67. The van der Waals surface area contributed by atoms with Gasteiger partial charge in [-0.15, -0.1) is 0 Å². The molecule has 3 rings (SSSR count). The van der Waals surface area contributed by atoms with E-state index < -0.39 is 6.55 Å². The maximum absolute atomic E-state index is 12.9. The molecule has 8 heteroatoms. The molecule has 0 saturated carbocycles. The van der Waals surface area contributed by atoms with Gasteiger partial charge in [-0.2, -0.15) is 8.78 Å². The minimum Gasteiger partial charge on any atom is -0.293 e. The first kappa shape index (κ1) is 16.3. The summed E-state index contributed by atoms with van der Waals surface area (Å²) < 4.78 is 28.0. The fraction of sp³-hybridized carbons (Fsp3) is 0.312. The molecule has 0 atom stereocenters. The van der Waals surface area contributed by atoms with Gasteiger partial charge < -0.3 is 0 Å². The Labute approximate surface area is 137 Å². The molecular weight excluding hydrogens is 316 g/mol. The van der Waals surface area contributed by atoms with Gasteiger partial charge in [0.05, 0.1) is 12.2 Å². The number of pyridine rings is 1. The number of halogens is 2. The molecule has 126 valence electrons. The number of hydrogen-bond donors (Lipinski definition) is 0. The molecule has 0 spiro atoms. The summed E-state index contributed by atoms with van der Waals surface area (Å²) in [6.45, 7) is -0.154. The quantitative estimate of drug-likeness (QED) is 0.718. The third kappa shape index (κ3) is 3.18. The molecule has 0 aliphatic carbocycles. The summed E-state index contributed by atoms with van der Waals surface area (Å²) >= 11 is 0. The van der Waals surface area contributed by atoms with Gasteiger partial charge in [0.25, 0.3) is 5.56 Å². The zero-order valence-corrected chi connectivity index (χ0v) is 13.4. The highest BCUT2D eigenvalue weighted by Gasteiger charge is 2.14. The minimum atomic E-state index is -2.62. The van der Waals surface area contributed by atoms with Crippen LogP contribution < -0.4 is 5.56 Å². The van der Waals surface area contributed by atoms with Crippen LogP contribution in [-0.2, 0) is 13.1 Å². The lowest BCUT2D eigenvalue weighted by atomic mass is 10.3. The molecule has 0 N–H and O–H groups in total. The number of imidazole rings is 1. The fourth-order valence-electron chi connectivity index (χ4n) is 2.61. The van der Waals surface area contributed by atoms with Crippen LogP contribution in [0, 0.1) is 6.92 Å².